The Morgan fingerprint density at radius 1 is 1.35 bits per heavy atom. The van der Waals surface area contributed by atoms with Crippen LogP contribution in [0.15, 0.2) is 0 Å². The number of ether oxygens (including phenoxy) is 1. The van der Waals surface area contributed by atoms with Crippen molar-refractivity contribution in [1.82, 2.24) is 4.90 Å². The van der Waals surface area contributed by atoms with Crippen LogP contribution in [0.25, 0.3) is 0 Å². The van der Waals surface area contributed by atoms with Crippen LogP contribution in [0.2, 0.25) is 0 Å². The summed E-state index contributed by atoms with van der Waals surface area (Å²) in [6.45, 7) is 3.65. The molecule has 1 aliphatic carbocycles. The van der Waals surface area contributed by atoms with Crippen LogP contribution in [-0.2, 0) is 14.3 Å². The van der Waals surface area contributed by atoms with Crippen molar-refractivity contribution in [3.05, 3.63) is 0 Å². The smallest absolute Gasteiger partial charge is 0.326 e. The monoisotopic (exact) mass is 283 g/mol. The number of carboxylic acid groups (broad SMARTS) is 1. The molecule has 20 heavy (non-hydrogen) atoms. The first-order valence-corrected chi connectivity index (χ1v) is 7.55. The molecule has 0 bridgehead atoms. The molecule has 114 valence electrons. The lowest BCUT2D eigenvalue weighted by Gasteiger charge is -2.38. The second kappa shape index (κ2) is 5.72. The van der Waals surface area contributed by atoms with Crippen LogP contribution >= 0.6 is 0 Å². The summed E-state index contributed by atoms with van der Waals surface area (Å²) >= 11 is 0. The molecular weight excluding hydrogens is 258 g/mol. The van der Waals surface area contributed by atoms with E-state index in [2.05, 4.69) is 0 Å². The molecule has 0 radical (unpaired) electrons. The Labute approximate surface area is 120 Å². The van der Waals surface area contributed by atoms with Gasteiger partial charge < -0.3 is 14.7 Å². The van der Waals surface area contributed by atoms with Gasteiger partial charge >= 0.3 is 5.97 Å². The molecular formula is C15H25NO4. The Kier molecular flexibility index (Phi) is 4.37. The Hall–Kier alpha value is -1.10. The fourth-order valence-electron chi connectivity index (χ4n) is 3.63. The van der Waals surface area contributed by atoms with Gasteiger partial charge in [0.25, 0.3) is 5.91 Å². The van der Waals surface area contributed by atoms with Crippen LogP contribution in [0.3, 0.4) is 0 Å². The van der Waals surface area contributed by atoms with E-state index >= 15 is 0 Å². The molecule has 4 unspecified atom stereocenters. The van der Waals surface area contributed by atoms with E-state index in [0.717, 1.165) is 25.7 Å². The van der Waals surface area contributed by atoms with Crippen molar-refractivity contribution < 1.29 is 19.4 Å². The van der Waals surface area contributed by atoms with Crippen LogP contribution in [0.5, 0.6) is 0 Å². The number of carbonyl (C=O) groups excluding carboxylic acids is 1. The van der Waals surface area contributed by atoms with Crippen LogP contribution < -0.4 is 0 Å². The highest BCUT2D eigenvalue weighted by Gasteiger charge is 2.51. The van der Waals surface area contributed by atoms with E-state index in [1.165, 1.54) is 7.11 Å². The minimum atomic E-state index is -0.917. The third-order valence-corrected chi connectivity index (χ3v) is 5.19. The highest BCUT2D eigenvalue weighted by Crippen LogP contribution is 2.41. The number of carboxylic acids is 1. The summed E-state index contributed by atoms with van der Waals surface area (Å²) in [6.07, 6.45) is 5.31. The number of likely N-dealkylation sites (tertiary alicyclic amines) is 1. The highest BCUT2D eigenvalue weighted by atomic mass is 16.5. The first-order chi connectivity index (χ1) is 9.44. The van der Waals surface area contributed by atoms with Crippen molar-refractivity contribution in [3.63, 3.8) is 0 Å². The van der Waals surface area contributed by atoms with E-state index < -0.39 is 17.6 Å². The van der Waals surface area contributed by atoms with Crippen LogP contribution in [0.4, 0.5) is 0 Å². The number of aliphatic carboxylic acids is 1. The summed E-state index contributed by atoms with van der Waals surface area (Å²) < 4.78 is 5.38. The zero-order chi connectivity index (χ0) is 14.9. The number of fused-ring (bicyclic) bond motifs is 1. The van der Waals surface area contributed by atoms with Gasteiger partial charge in [-0.2, -0.15) is 0 Å². The van der Waals surface area contributed by atoms with Crippen LogP contribution in [-0.4, -0.2) is 46.7 Å². The summed E-state index contributed by atoms with van der Waals surface area (Å²) in [5, 5.41) is 9.46. The third kappa shape index (κ3) is 2.43. The molecule has 1 saturated carbocycles. The zero-order valence-electron chi connectivity index (χ0n) is 12.6. The molecule has 5 heteroatoms. The molecule has 5 nitrogen and oxygen atoms in total. The number of hydrogen-bond donors (Lipinski definition) is 1. The summed E-state index contributed by atoms with van der Waals surface area (Å²) in [5.74, 6) is -0.710. The number of nitrogens with zero attached hydrogens (tertiary/aromatic N) is 1. The van der Waals surface area contributed by atoms with Gasteiger partial charge in [0.1, 0.15) is 11.6 Å². The van der Waals surface area contributed by atoms with E-state index in [9.17, 15) is 14.7 Å². The second-order valence-corrected chi connectivity index (χ2v) is 6.20. The predicted molar refractivity (Wildman–Crippen MR) is 74.3 cm³/mol. The van der Waals surface area contributed by atoms with Gasteiger partial charge in [-0.25, -0.2) is 4.79 Å². The number of hydrogen-bond acceptors (Lipinski definition) is 3. The van der Waals surface area contributed by atoms with Gasteiger partial charge in [-0.3, -0.25) is 4.79 Å². The van der Waals surface area contributed by atoms with E-state index in [-0.39, 0.29) is 11.9 Å². The van der Waals surface area contributed by atoms with Crippen molar-refractivity contribution in [1.29, 1.82) is 0 Å². The van der Waals surface area contributed by atoms with E-state index in [1.54, 1.807) is 11.8 Å². The highest BCUT2D eigenvalue weighted by molar-refractivity contribution is 5.90. The molecule has 0 aromatic carbocycles. The van der Waals surface area contributed by atoms with Crippen molar-refractivity contribution >= 4 is 11.9 Å². The van der Waals surface area contributed by atoms with Gasteiger partial charge in [-0.15, -0.1) is 0 Å². The largest absolute Gasteiger partial charge is 0.480 e. The standard InChI is InChI=1S/C15H25NO4/c1-4-15(2,20-3)14(19)16-11-8-6-5-7-10(11)9-12(16)13(17)18/h10-12H,4-9H2,1-3H3,(H,17,18). The predicted octanol–water partition coefficient (Wildman–Crippen LogP) is 2.05. The maximum Gasteiger partial charge on any atom is 0.326 e. The van der Waals surface area contributed by atoms with Gasteiger partial charge in [0.2, 0.25) is 0 Å². The van der Waals surface area contributed by atoms with Gasteiger partial charge in [0, 0.05) is 13.2 Å². The van der Waals surface area contributed by atoms with Crippen LogP contribution in [0, 0.1) is 5.92 Å². The summed E-state index contributed by atoms with van der Waals surface area (Å²) in [5.41, 5.74) is -0.917. The molecule has 0 aromatic heterocycles. The van der Waals surface area contributed by atoms with E-state index in [4.69, 9.17) is 4.74 Å². The Morgan fingerprint density at radius 2 is 2.00 bits per heavy atom. The zero-order valence-corrected chi connectivity index (χ0v) is 12.6. The van der Waals surface area contributed by atoms with E-state index in [1.807, 2.05) is 6.92 Å². The number of rotatable bonds is 4. The number of methoxy groups -OCH3 is 1. The van der Waals surface area contributed by atoms with Gasteiger partial charge in [0.05, 0.1) is 0 Å². The second-order valence-electron chi connectivity index (χ2n) is 6.20. The topological polar surface area (TPSA) is 66.8 Å². The van der Waals surface area contributed by atoms with Crippen molar-refractivity contribution in [2.45, 2.75) is 70.1 Å². The Bertz CT molecular complexity index is 391. The third-order valence-electron chi connectivity index (χ3n) is 5.19. The number of amides is 1. The molecule has 1 saturated heterocycles. The van der Waals surface area contributed by atoms with Gasteiger partial charge in [-0.05, 0) is 38.5 Å². The molecule has 2 fully saturated rings. The first kappa shape index (κ1) is 15.3. The van der Waals surface area contributed by atoms with E-state index in [0.29, 0.717) is 18.8 Å². The van der Waals surface area contributed by atoms with Crippen LogP contribution in [0.1, 0.15) is 52.4 Å². The van der Waals surface area contributed by atoms with Gasteiger partial charge in [0.15, 0.2) is 0 Å². The van der Waals surface area contributed by atoms with Crippen molar-refractivity contribution in [3.8, 4) is 0 Å². The molecule has 0 aromatic rings. The first-order valence-electron chi connectivity index (χ1n) is 7.55. The van der Waals surface area contributed by atoms with Gasteiger partial charge in [-0.1, -0.05) is 19.8 Å². The Balaban J connectivity index is 2.29. The molecule has 0 spiro atoms. The lowest BCUT2D eigenvalue weighted by molar-refractivity contribution is -0.163. The normalized spacial score (nSPS) is 32.5. The maximum absolute atomic E-state index is 12.8. The van der Waals surface area contributed by atoms with Crippen molar-refractivity contribution in [2.24, 2.45) is 5.92 Å². The lowest BCUT2D eigenvalue weighted by Crippen LogP contribution is -2.55. The summed E-state index contributed by atoms with van der Waals surface area (Å²) in [7, 11) is 1.52. The SMILES string of the molecule is CCC(C)(OC)C(=O)N1C(C(=O)O)CC2CCCCC21. The maximum atomic E-state index is 12.8. The molecule has 2 rings (SSSR count). The Morgan fingerprint density at radius 3 is 2.55 bits per heavy atom. The molecule has 1 heterocycles. The number of carbonyl (C=O) groups is 2. The molecule has 1 amide bonds. The van der Waals surface area contributed by atoms with Crippen molar-refractivity contribution in [2.75, 3.05) is 7.11 Å². The average molecular weight is 283 g/mol. The molecule has 2 aliphatic rings. The molecule has 4 atom stereocenters. The summed E-state index contributed by atoms with van der Waals surface area (Å²) in [4.78, 5) is 26.0. The molecule has 1 N–H and O–H groups in total. The lowest BCUT2D eigenvalue weighted by atomic mass is 9.84. The quantitative estimate of drug-likeness (QED) is 0.857. The molecule has 1 aliphatic heterocycles. The minimum Gasteiger partial charge on any atom is -0.480 e. The average Bonchev–Trinajstić information content (AvgIpc) is 2.85. The summed E-state index contributed by atoms with van der Waals surface area (Å²) in [6, 6.07) is -0.602. The fraction of sp³-hybridized carbons (Fsp3) is 0.867. The minimum absolute atomic E-state index is 0.0818. The fourth-order valence-corrected chi connectivity index (χ4v) is 3.63.